The molecular formula is C29H34N2O3S. The summed E-state index contributed by atoms with van der Waals surface area (Å²) >= 11 is 1.75. The molecule has 1 atom stereocenters. The Balaban J connectivity index is 1.60. The SMILES string of the molecule is CCc1ccc(C(=O)N(CC(=O)N2CCc3sccc3C2c2ccc(OC)cc2)CC(C)C)cc1. The third kappa shape index (κ3) is 5.59. The van der Waals surface area contributed by atoms with Gasteiger partial charge in [0, 0.05) is 23.5 Å². The Morgan fingerprint density at radius 1 is 1.09 bits per heavy atom. The molecule has 1 aliphatic heterocycles. The lowest BCUT2D eigenvalue weighted by atomic mass is 9.93. The summed E-state index contributed by atoms with van der Waals surface area (Å²) in [6.45, 7) is 7.48. The van der Waals surface area contributed by atoms with Crippen molar-refractivity contribution in [3.8, 4) is 5.75 Å². The molecule has 0 saturated heterocycles. The smallest absolute Gasteiger partial charge is 0.254 e. The zero-order valence-electron chi connectivity index (χ0n) is 21.0. The van der Waals surface area contributed by atoms with E-state index < -0.39 is 0 Å². The summed E-state index contributed by atoms with van der Waals surface area (Å²) in [5, 5.41) is 2.10. The van der Waals surface area contributed by atoms with Crippen LogP contribution in [0.5, 0.6) is 5.75 Å². The van der Waals surface area contributed by atoms with Gasteiger partial charge in [-0.1, -0.05) is 45.0 Å². The number of carbonyl (C=O) groups excluding carboxylic acids is 2. The number of benzene rings is 2. The van der Waals surface area contributed by atoms with Crippen LogP contribution in [0, 0.1) is 5.92 Å². The molecule has 184 valence electrons. The van der Waals surface area contributed by atoms with Crippen LogP contribution in [0.15, 0.2) is 60.0 Å². The normalized spacial score (nSPS) is 15.1. The fraction of sp³-hybridized carbons (Fsp3) is 0.379. The molecule has 0 saturated carbocycles. The maximum absolute atomic E-state index is 13.8. The number of rotatable bonds is 8. The van der Waals surface area contributed by atoms with Crippen LogP contribution in [0.1, 0.15) is 58.7 Å². The zero-order valence-corrected chi connectivity index (χ0v) is 21.8. The van der Waals surface area contributed by atoms with E-state index in [2.05, 4.69) is 32.2 Å². The van der Waals surface area contributed by atoms with E-state index in [9.17, 15) is 9.59 Å². The summed E-state index contributed by atoms with van der Waals surface area (Å²) in [6, 6.07) is 17.6. The van der Waals surface area contributed by atoms with Gasteiger partial charge in [-0.05, 0) is 71.2 Å². The molecule has 35 heavy (non-hydrogen) atoms. The number of hydrogen-bond donors (Lipinski definition) is 0. The van der Waals surface area contributed by atoms with Crippen molar-refractivity contribution in [1.82, 2.24) is 9.80 Å². The summed E-state index contributed by atoms with van der Waals surface area (Å²) in [5.74, 6) is 0.922. The van der Waals surface area contributed by atoms with Gasteiger partial charge in [0.1, 0.15) is 12.3 Å². The molecule has 0 bridgehead atoms. The Morgan fingerprint density at radius 2 is 1.80 bits per heavy atom. The fourth-order valence-corrected chi connectivity index (χ4v) is 5.61. The van der Waals surface area contributed by atoms with Crippen molar-refractivity contribution in [3.63, 3.8) is 0 Å². The lowest BCUT2D eigenvalue weighted by Crippen LogP contribution is -2.47. The van der Waals surface area contributed by atoms with Crippen LogP contribution >= 0.6 is 11.3 Å². The van der Waals surface area contributed by atoms with Gasteiger partial charge in [0.05, 0.1) is 13.2 Å². The van der Waals surface area contributed by atoms with Crippen molar-refractivity contribution in [2.24, 2.45) is 5.92 Å². The highest BCUT2D eigenvalue weighted by Gasteiger charge is 2.34. The van der Waals surface area contributed by atoms with Crippen molar-refractivity contribution < 1.29 is 14.3 Å². The average molecular weight is 491 g/mol. The van der Waals surface area contributed by atoms with Gasteiger partial charge in [-0.15, -0.1) is 11.3 Å². The first kappa shape index (κ1) is 25.0. The van der Waals surface area contributed by atoms with Crippen LogP contribution in [0.2, 0.25) is 0 Å². The molecule has 6 heteroatoms. The maximum Gasteiger partial charge on any atom is 0.254 e. The van der Waals surface area contributed by atoms with Gasteiger partial charge in [0.15, 0.2) is 0 Å². The van der Waals surface area contributed by atoms with Crippen molar-refractivity contribution >= 4 is 23.2 Å². The molecule has 3 aromatic rings. The molecule has 0 N–H and O–H groups in total. The van der Waals surface area contributed by atoms with Crippen molar-refractivity contribution in [2.75, 3.05) is 26.7 Å². The number of methoxy groups -OCH3 is 1. The predicted octanol–water partition coefficient (Wildman–Crippen LogP) is 5.59. The minimum Gasteiger partial charge on any atom is -0.497 e. The number of aryl methyl sites for hydroxylation is 1. The highest BCUT2D eigenvalue weighted by Crippen LogP contribution is 2.38. The minimum atomic E-state index is -0.164. The number of hydrogen-bond acceptors (Lipinski definition) is 4. The average Bonchev–Trinajstić information content (AvgIpc) is 3.36. The summed E-state index contributed by atoms with van der Waals surface area (Å²) in [6.07, 6.45) is 1.76. The number of fused-ring (bicyclic) bond motifs is 1. The van der Waals surface area contributed by atoms with Crippen molar-refractivity contribution in [2.45, 2.75) is 39.7 Å². The zero-order chi connectivity index (χ0) is 24.9. The molecule has 2 aromatic carbocycles. The first-order chi connectivity index (χ1) is 16.9. The van der Waals surface area contributed by atoms with E-state index in [-0.39, 0.29) is 30.3 Å². The second kappa shape index (κ2) is 11.1. The number of carbonyl (C=O) groups is 2. The molecule has 2 amide bonds. The summed E-state index contributed by atoms with van der Waals surface area (Å²) in [4.78, 5) is 32.2. The second-order valence-corrected chi connectivity index (χ2v) is 10.4. The predicted molar refractivity (Wildman–Crippen MR) is 141 cm³/mol. The highest BCUT2D eigenvalue weighted by molar-refractivity contribution is 7.10. The van der Waals surface area contributed by atoms with Crippen LogP contribution < -0.4 is 4.74 Å². The van der Waals surface area contributed by atoms with E-state index in [1.807, 2.05) is 53.4 Å². The number of amides is 2. The van der Waals surface area contributed by atoms with Crippen molar-refractivity contribution in [1.29, 1.82) is 0 Å². The van der Waals surface area contributed by atoms with Crippen LogP contribution in [0.4, 0.5) is 0 Å². The first-order valence-electron chi connectivity index (χ1n) is 12.3. The molecule has 0 radical (unpaired) electrons. The molecule has 0 fully saturated rings. The molecule has 2 heterocycles. The second-order valence-electron chi connectivity index (χ2n) is 9.44. The summed E-state index contributed by atoms with van der Waals surface area (Å²) in [5.41, 5.74) is 4.04. The van der Waals surface area contributed by atoms with Gasteiger partial charge in [0.2, 0.25) is 5.91 Å². The van der Waals surface area contributed by atoms with E-state index in [4.69, 9.17) is 4.74 Å². The first-order valence-corrected chi connectivity index (χ1v) is 13.2. The molecular weight excluding hydrogens is 456 g/mol. The summed E-state index contributed by atoms with van der Waals surface area (Å²) < 4.78 is 5.34. The van der Waals surface area contributed by atoms with E-state index >= 15 is 0 Å². The standard InChI is InChI=1S/C29H34N2O3S/c1-5-21-6-8-23(9-7-21)29(33)30(18-20(2)3)19-27(32)31-16-14-26-25(15-17-35-26)28(31)22-10-12-24(34-4)13-11-22/h6-13,15,17,20,28H,5,14,16,18-19H2,1-4H3. The highest BCUT2D eigenvalue weighted by atomic mass is 32.1. The topological polar surface area (TPSA) is 49.9 Å². The van der Waals surface area contributed by atoms with Gasteiger partial charge in [-0.2, -0.15) is 0 Å². The Labute approximate surface area is 212 Å². The third-order valence-corrected chi connectivity index (χ3v) is 7.52. The third-order valence-electron chi connectivity index (χ3n) is 6.53. The fourth-order valence-electron chi connectivity index (χ4n) is 4.71. The van der Waals surface area contributed by atoms with Gasteiger partial charge in [0.25, 0.3) is 5.91 Å². The summed E-state index contributed by atoms with van der Waals surface area (Å²) in [7, 11) is 1.65. The number of thiophene rings is 1. The van der Waals surface area contributed by atoms with Gasteiger partial charge in [-0.3, -0.25) is 9.59 Å². The van der Waals surface area contributed by atoms with E-state index in [0.29, 0.717) is 18.7 Å². The van der Waals surface area contributed by atoms with Crippen LogP contribution in [-0.2, 0) is 17.6 Å². The Bertz CT molecular complexity index is 1150. The Morgan fingerprint density at radius 3 is 2.43 bits per heavy atom. The molecule has 5 nitrogen and oxygen atoms in total. The van der Waals surface area contributed by atoms with Crippen LogP contribution in [-0.4, -0.2) is 48.4 Å². The minimum absolute atomic E-state index is 0.0261. The van der Waals surface area contributed by atoms with Gasteiger partial charge >= 0.3 is 0 Å². The number of nitrogens with zero attached hydrogens (tertiary/aromatic N) is 2. The van der Waals surface area contributed by atoms with Crippen LogP contribution in [0.3, 0.4) is 0 Å². The molecule has 0 aliphatic carbocycles. The van der Waals surface area contributed by atoms with Gasteiger partial charge in [-0.25, -0.2) is 0 Å². The van der Waals surface area contributed by atoms with E-state index in [1.165, 1.54) is 16.0 Å². The molecule has 0 spiro atoms. The lowest BCUT2D eigenvalue weighted by Gasteiger charge is -2.38. The van der Waals surface area contributed by atoms with Gasteiger partial charge < -0.3 is 14.5 Å². The van der Waals surface area contributed by atoms with E-state index in [1.54, 1.807) is 23.3 Å². The molecule has 1 aromatic heterocycles. The Hall–Kier alpha value is -3.12. The van der Waals surface area contributed by atoms with Crippen LogP contribution in [0.25, 0.3) is 0 Å². The quantitative estimate of drug-likeness (QED) is 0.414. The number of ether oxygens (including phenoxy) is 1. The lowest BCUT2D eigenvalue weighted by molar-refractivity contribution is -0.134. The Kier molecular flexibility index (Phi) is 7.91. The molecule has 4 rings (SSSR count). The molecule has 1 unspecified atom stereocenters. The largest absolute Gasteiger partial charge is 0.497 e. The monoisotopic (exact) mass is 490 g/mol. The maximum atomic E-state index is 13.8. The van der Waals surface area contributed by atoms with E-state index in [0.717, 1.165) is 24.2 Å². The molecule has 1 aliphatic rings. The van der Waals surface area contributed by atoms with Crippen molar-refractivity contribution in [3.05, 3.63) is 87.1 Å².